The molecule has 15 heavy (non-hydrogen) atoms. The highest BCUT2D eigenvalue weighted by atomic mass is 16.5. The Kier molecular flexibility index (Phi) is 4.56. The van der Waals surface area contributed by atoms with Gasteiger partial charge in [-0.15, -0.1) is 0 Å². The van der Waals surface area contributed by atoms with Crippen LogP contribution >= 0.6 is 0 Å². The van der Waals surface area contributed by atoms with Crippen LogP contribution in [0.15, 0.2) is 23.3 Å². The maximum Gasteiger partial charge on any atom is 0.302 e. The molecular formula is C12H18O3. The number of esters is 1. The quantitative estimate of drug-likeness (QED) is 0.529. The standard InChI is InChI=1S/C12H18O3/c1-9-4-6-15-12(8-9)10(2)5-7-14-11(3)13/h5,8,12H,4,6-7H2,1-3H3. The average Bonchev–Trinajstić information content (AvgIpc) is 2.17. The lowest BCUT2D eigenvalue weighted by Crippen LogP contribution is -2.18. The lowest BCUT2D eigenvalue weighted by molar-refractivity contribution is -0.139. The van der Waals surface area contributed by atoms with Gasteiger partial charge in [0.15, 0.2) is 0 Å². The Balaban J connectivity index is 2.48. The summed E-state index contributed by atoms with van der Waals surface area (Å²) in [5, 5.41) is 0. The second-order valence-corrected chi connectivity index (χ2v) is 3.81. The number of hydrogen-bond donors (Lipinski definition) is 0. The van der Waals surface area contributed by atoms with Crippen molar-refractivity contribution >= 4 is 5.97 Å². The van der Waals surface area contributed by atoms with Gasteiger partial charge in [-0.2, -0.15) is 0 Å². The summed E-state index contributed by atoms with van der Waals surface area (Å²) >= 11 is 0. The average molecular weight is 210 g/mol. The number of rotatable bonds is 3. The van der Waals surface area contributed by atoms with Crippen LogP contribution in [0.2, 0.25) is 0 Å². The fraction of sp³-hybridized carbons (Fsp3) is 0.583. The van der Waals surface area contributed by atoms with Crippen LogP contribution < -0.4 is 0 Å². The predicted molar refractivity (Wildman–Crippen MR) is 58.5 cm³/mol. The van der Waals surface area contributed by atoms with Crippen molar-refractivity contribution in [3.05, 3.63) is 23.3 Å². The highest BCUT2D eigenvalue weighted by molar-refractivity contribution is 5.66. The van der Waals surface area contributed by atoms with Crippen LogP contribution in [-0.2, 0) is 14.3 Å². The SMILES string of the molecule is CC(=O)OCC=C(C)C1C=C(C)CCO1. The largest absolute Gasteiger partial charge is 0.462 e. The molecule has 0 saturated carbocycles. The van der Waals surface area contributed by atoms with Crippen molar-refractivity contribution in [2.45, 2.75) is 33.3 Å². The van der Waals surface area contributed by atoms with Gasteiger partial charge in [-0.05, 0) is 31.9 Å². The monoisotopic (exact) mass is 210 g/mol. The van der Waals surface area contributed by atoms with Gasteiger partial charge in [0.2, 0.25) is 0 Å². The van der Waals surface area contributed by atoms with Gasteiger partial charge < -0.3 is 9.47 Å². The highest BCUT2D eigenvalue weighted by Crippen LogP contribution is 2.17. The molecule has 0 saturated heterocycles. The third kappa shape index (κ3) is 4.30. The van der Waals surface area contributed by atoms with Crippen molar-refractivity contribution in [2.24, 2.45) is 0 Å². The molecule has 1 atom stereocenters. The second kappa shape index (κ2) is 5.71. The Morgan fingerprint density at radius 2 is 2.40 bits per heavy atom. The van der Waals surface area contributed by atoms with E-state index in [1.165, 1.54) is 12.5 Å². The van der Waals surface area contributed by atoms with Crippen molar-refractivity contribution in [1.82, 2.24) is 0 Å². The maximum atomic E-state index is 10.6. The summed E-state index contributed by atoms with van der Waals surface area (Å²) in [6.45, 7) is 6.60. The van der Waals surface area contributed by atoms with E-state index in [2.05, 4.69) is 13.0 Å². The van der Waals surface area contributed by atoms with Crippen molar-refractivity contribution in [1.29, 1.82) is 0 Å². The molecular weight excluding hydrogens is 192 g/mol. The second-order valence-electron chi connectivity index (χ2n) is 3.81. The lowest BCUT2D eigenvalue weighted by Gasteiger charge is -2.21. The zero-order valence-electron chi connectivity index (χ0n) is 9.58. The Hall–Kier alpha value is -1.09. The maximum absolute atomic E-state index is 10.6. The van der Waals surface area contributed by atoms with E-state index in [0.717, 1.165) is 18.6 Å². The molecule has 0 amide bonds. The van der Waals surface area contributed by atoms with Gasteiger partial charge in [0, 0.05) is 6.92 Å². The minimum atomic E-state index is -0.254. The van der Waals surface area contributed by atoms with Crippen molar-refractivity contribution in [3.8, 4) is 0 Å². The first-order chi connectivity index (χ1) is 7.09. The van der Waals surface area contributed by atoms with Gasteiger partial charge in [0.1, 0.15) is 6.61 Å². The summed E-state index contributed by atoms with van der Waals surface area (Å²) in [6, 6.07) is 0. The summed E-state index contributed by atoms with van der Waals surface area (Å²) in [4.78, 5) is 10.6. The molecule has 84 valence electrons. The molecule has 0 spiro atoms. The summed E-state index contributed by atoms with van der Waals surface area (Å²) in [6.07, 6.45) is 5.06. The van der Waals surface area contributed by atoms with E-state index in [1.807, 2.05) is 13.0 Å². The zero-order valence-corrected chi connectivity index (χ0v) is 9.58. The molecule has 0 bridgehead atoms. The summed E-state index contributed by atoms with van der Waals surface area (Å²) < 4.78 is 10.4. The third-order valence-corrected chi connectivity index (χ3v) is 2.37. The van der Waals surface area contributed by atoms with Gasteiger partial charge in [-0.1, -0.05) is 11.6 Å². The third-order valence-electron chi connectivity index (χ3n) is 2.37. The molecule has 1 aliphatic heterocycles. The van der Waals surface area contributed by atoms with E-state index >= 15 is 0 Å². The van der Waals surface area contributed by atoms with E-state index < -0.39 is 0 Å². The number of carbonyl (C=O) groups excluding carboxylic acids is 1. The van der Waals surface area contributed by atoms with Gasteiger partial charge in [0.25, 0.3) is 0 Å². The highest BCUT2D eigenvalue weighted by Gasteiger charge is 2.12. The molecule has 0 aromatic carbocycles. The van der Waals surface area contributed by atoms with Crippen LogP contribution in [0.25, 0.3) is 0 Å². The minimum Gasteiger partial charge on any atom is -0.462 e. The number of ether oxygens (including phenoxy) is 2. The van der Waals surface area contributed by atoms with Gasteiger partial charge in [0.05, 0.1) is 12.7 Å². The Morgan fingerprint density at radius 1 is 1.67 bits per heavy atom. The van der Waals surface area contributed by atoms with E-state index in [-0.39, 0.29) is 12.1 Å². The lowest BCUT2D eigenvalue weighted by atomic mass is 10.0. The molecule has 0 aromatic rings. The van der Waals surface area contributed by atoms with Gasteiger partial charge in [-0.25, -0.2) is 0 Å². The predicted octanol–water partition coefficient (Wildman–Crippen LogP) is 2.23. The van der Waals surface area contributed by atoms with E-state index in [0.29, 0.717) is 6.61 Å². The zero-order chi connectivity index (χ0) is 11.3. The molecule has 3 heteroatoms. The summed E-state index contributed by atoms with van der Waals surface area (Å²) in [5.41, 5.74) is 2.45. The molecule has 1 aliphatic rings. The molecule has 0 N–H and O–H groups in total. The van der Waals surface area contributed by atoms with Crippen LogP contribution in [0.3, 0.4) is 0 Å². The number of hydrogen-bond acceptors (Lipinski definition) is 3. The smallest absolute Gasteiger partial charge is 0.302 e. The van der Waals surface area contributed by atoms with Gasteiger partial charge in [-0.3, -0.25) is 4.79 Å². The normalized spacial score (nSPS) is 22.2. The van der Waals surface area contributed by atoms with Crippen LogP contribution in [0.4, 0.5) is 0 Å². The molecule has 1 unspecified atom stereocenters. The first-order valence-electron chi connectivity index (χ1n) is 5.18. The van der Waals surface area contributed by atoms with Crippen LogP contribution in [0.5, 0.6) is 0 Å². The van der Waals surface area contributed by atoms with Crippen molar-refractivity contribution < 1.29 is 14.3 Å². The van der Waals surface area contributed by atoms with Crippen LogP contribution in [-0.4, -0.2) is 25.3 Å². The molecule has 0 fully saturated rings. The van der Waals surface area contributed by atoms with Crippen molar-refractivity contribution in [2.75, 3.05) is 13.2 Å². The fourth-order valence-corrected chi connectivity index (χ4v) is 1.41. The van der Waals surface area contributed by atoms with Crippen LogP contribution in [0.1, 0.15) is 27.2 Å². The van der Waals surface area contributed by atoms with Crippen LogP contribution in [0, 0.1) is 0 Å². The van der Waals surface area contributed by atoms with Crippen molar-refractivity contribution in [3.63, 3.8) is 0 Å². The Morgan fingerprint density at radius 3 is 3.00 bits per heavy atom. The fourth-order valence-electron chi connectivity index (χ4n) is 1.41. The van der Waals surface area contributed by atoms with E-state index in [4.69, 9.17) is 9.47 Å². The Labute approximate surface area is 90.8 Å². The topological polar surface area (TPSA) is 35.5 Å². The molecule has 1 rings (SSSR count). The first-order valence-corrected chi connectivity index (χ1v) is 5.18. The molecule has 3 nitrogen and oxygen atoms in total. The molecule has 0 aliphatic carbocycles. The van der Waals surface area contributed by atoms with E-state index in [1.54, 1.807) is 0 Å². The molecule has 1 heterocycles. The first kappa shape index (κ1) is 12.0. The van der Waals surface area contributed by atoms with E-state index in [9.17, 15) is 4.79 Å². The molecule has 0 aromatic heterocycles. The number of carbonyl (C=O) groups is 1. The summed E-state index contributed by atoms with van der Waals surface area (Å²) in [5.74, 6) is -0.254. The van der Waals surface area contributed by atoms with Gasteiger partial charge >= 0.3 is 5.97 Å². The Bertz CT molecular complexity index is 289. The summed E-state index contributed by atoms with van der Waals surface area (Å²) in [7, 11) is 0. The minimum absolute atomic E-state index is 0.0503. The molecule has 0 radical (unpaired) electrons.